The van der Waals surface area contributed by atoms with Crippen LogP contribution in [0.25, 0.3) is 0 Å². The summed E-state index contributed by atoms with van der Waals surface area (Å²) < 4.78 is 0. The van der Waals surface area contributed by atoms with Gasteiger partial charge in [0.1, 0.15) is 0 Å². The van der Waals surface area contributed by atoms with Crippen molar-refractivity contribution >= 4 is 35.0 Å². The second kappa shape index (κ2) is 7.04. The van der Waals surface area contributed by atoms with Crippen molar-refractivity contribution in [3.8, 4) is 0 Å². The molecule has 1 unspecified atom stereocenters. The lowest BCUT2D eigenvalue weighted by atomic mass is 10.0. The second-order valence-corrected chi connectivity index (χ2v) is 6.83. The fourth-order valence-electron chi connectivity index (χ4n) is 2.47. The smallest absolute Gasteiger partial charge is 0.0636 e. The van der Waals surface area contributed by atoms with Crippen LogP contribution in [-0.2, 0) is 0 Å². The molecule has 1 nitrogen and oxygen atoms in total. The Balaban J connectivity index is 1.81. The SMILES string of the molecule is OC(CSc1cc(Cl)ccc1Cl)CC1CCCC1. The van der Waals surface area contributed by atoms with E-state index in [4.69, 9.17) is 23.2 Å². The van der Waals surface area contributed by atoms with Crippen molar-refractivity contribution in [3.63, 3.8) is 0 Å². The van der Waals surface area contributed by atoms with Crippen molar-refractivity contribution in [2.24, 2.45) is 5.92 Å². The molecule has 0 radical (unpaired) electrons. The van der Waals surface area contributed by atoms with Crippen LogP contribution >= 0.6 is 35.0 Å². The van der Waals surface area contributed by atoms with Gasteiger partial charge in [0.2, 0.25) is 0 Å². The van der Waals surface area contributed by atoms with E-state index in [2.05, 4.69) is 0 Å². The van der Waals surface area contributed by atoms with E-state index in [0.717, 1.165) is 17.2 Å². The van der Waals surface area contributed by atoms with Crippen molar-refractivity contribution in [3.05, 3.63) is 28.2 Å². The summed E-state index contributed by atoms with van der Waals surface area (Å²) >= 11 is 13.6. The van der Waals surface area contributed by atoms with Crippen molar-refractivity contribution in [1.29, 1.82) is 0 Å². The standard InChI is InChI=1S/C14H18Cl2OS/c15-11-5-6-13(16)14(8-11)18-9-12(17)7-10-3-1-2-4-10/h5-6,8,10,12,17H,1-4,7,9H2. The molecule has 4 heteroatoms. The van der Waals surface area contributed by atoms with Crippen LogP contribution in [0, 0.1) is 5.92 Å². The summed E-state index contributed by atoms with van der Waals surface area (Å²) in [7, 11) is 0. The molecule has 1 N–H and O–H groups in total. The first-order valence-corrected chi connectivity index (χ1v) is 8.15. The highest BCUT2D eigenvalue weighted by molar-refractivity contribution is 7.99. The molecular formula is C14H18Cl2OS. The molecule has 0 aromatic heterocycles. The molecular weight excluding hydrogens is 287 g/mol. The van der Waals surface area contributed by atoms with Crippen LogP contribution < -0.4 is 0 Å². The van der Waals surface area contributed by atoms with Crippen LogP contribution in [0.5, 0.6) is 0 Å². The molecule has 1 atom stereocenters. The third-order valence-electron chi connectivity index (χ3n) is 3.40. The maximum atomic E-state index is 10.0. The minimum Gasteiger partial charge on any atom is -0.392 e. The summed E-state index contributed by atoms with van der Waals surface area (Å²) in [5.74, 6) is 1.41. The maximum Gasteiger partial charge on any atom is 0.0636 e. The Hall–Kier alpha value is 0.110. The van der Waals surface area contributed by atoms with Gasteiger partial charge in [-0.15, -0.1) is 11.8 Å². The molecule has 1 aliphatic rings. The number of aliphatic hydroxyl groups is 1. The Bertz CT molecular complexity index is 391. The van der Waals surface area contributed by atoms with Crippen LogP contribution in [-0.4, -0.2) is 17.0 Å². The van der Waals surface area contributed by atoms with Crippen molar-refractivity contribution in [2.45, 2.75) is 43.1 Å². The molecule has 1 saturated carbocycles. The number of thioether (sulfide) groups is 1. The lowest BCUT2D eigenvalue weighted by Gasteiger charge is -2.15. The van der Waals surface area contributed by atoms with Gasteiger partial charge in [-0.25, -0.2) is 0 Å². The minimum atomic E-state index is -0.242. The van der Waals surface area contributed by atoms with Crippen LogP contribution in [0.2, 0.25) is 10.0 Å². The van der Waals surface area contributed by atoms with Gasteiger partial charge in [-0.05, 0) is 30.5 Å². The Labute approximate surface area is 123 Å². The zero-order valence-electron chi connectivity index (χ0n) is 10.2. The molecule has 0 aliphatic heterocycles. The predicted molar refractivity (Wildman–Crippen MR) is 79.8 cm³/mol. The van der Waals surface area contributed by atoms with E-state index in [-0.39, 0.29) is 6.10 Å². The molecule has 0 amide bonds. The van der Waals surface area contributed by atoms with Gasteiger partial charge in [0.15, 0.2) is 0 Å². The molecule has 0 spiro atoms. The zero-order chi connectivity index (χ0) is 13.0. The average Bonchev–Trinajstić information content (AvgIpc) is 2.83. The normalized spacial score (nSPS) is 18.2. The minimum absolute atomic E-state index is 0.242. The molecule has 100 valence electrons. The van der Waals surface area contributed by atoms with Crippen molar-refractivity contribution < 1.29 is 5.11 Å². The Kier molecular flexibility index (Phi) is 5.68. The highest BCUT2D eigenvalue weighted by Crippen LogP contribution is 2.33. The lowest BCUT2D eigenvalue weighted by Crippen LogP contribution is -2.14. The first-order valence-electron chi connectivity index (χ1n) is 6.41. The lowest BCUT2D eigenvalue weighted by molar-refractivity contribution is 0.166. The number of halogens is 2. The van der Waals surface area contributed by atoms with Gasteiger partial charge < -0.3 is 5.11 Å². The van der Waals surface area contributed by atoms with E-state index in [9.17, 15) is 5.11 Å². The summed E-state index contributed by atoms with van der Waals surface area (Å²) in [5.41, 5.74) is 0. The monoisotopic (exact) mass is 304 g/mol. The molecule has 0 saturated heterocycles. The van der Waals surface area contributed by atoms with Gasteiger partial charge in [0, 0.05) is 15.7 Å². The van der Waals surface area contributed by atoms with Gasteiger partial charge in [-0.2, -0.15) is 0 Å². The molecule has 0 heterocycles. The first-order chi connectivity index (χ1) is 8.65. The summed E-state index contributed by atoms with van der Waals surface area (Å²) in [6.07, 6.45) is 5.88. The maximum absolute atomic E-state index is 10.0. The van der Waals surface area contributed by atoms with Gasteiger partial charge in [-0.1, -0.05) is 48.9 Å². The van der Waals surface area contributed by atoms with Gasteiger partial charge in [0.05, 0.1) is 11.1 Å². The molecule has 2 rings (SSSR count). The van der Waals surface area contributed by atoms with Crippen LogP contribution in [0.15, 0.2) is 23.1 Å². The molecule has 1 fully saturated rings. The number of rotatable bonds is 5. The third kappa shape index (κ3) is 4.34. The largest absolute Gasteiger partial charge is 0.392 e. The Morgan fingerprint density at radius 3 is 2.72 bits per heavy atom. The van der Waals surface area contributed by atoms with E-state index < -0.39 is 0 Å². The quantitative estimate of drug-likeness (QED) is 0.770. The van der Waals surface area contributed by atoms with E-state index in [1.807, 2.05) is 6.07 Å². The Morgan fingerprint density at radius 1 is 1.28 bits per heavy atom. The Morgan fingerprint density at radius 2 is 2.00 bits per heavy atom. The van der Waals surface area contributed by atoms with E-state index in [1.165, 1.54) is 25.7 Å². The summed E-state index contributed by atoms with van der Waals surface area (Å²) in [6, 6.07) is 5.44. The predicted octanol–water partition coefficient (Wildman–Crippen LogP) is 5.03. The van der Waals surface area contributed by atoms with Gasteiger partial charge >= 0.3 is 0 Å². The highest BCUT2D eigenvalue weighted by Gasteiger charge is 2.19. The third-order valence-corrected chi connectivity index (χ3v) is 5.28. The topological polar surface area (TPSA) is 20.2 Å². The number of hydrogen-bond acceptors (Lipinski definition) is 2. The first kappa shape index (κ1) is 14.5. The highest BCUT2D eigenvalue weighted by atomic mass is 35.5. The van der Waals surface area contributed by atoms with Crippen molar-refractivity contribution in [2.75, 3.05) is 5.75 Å². The summed E-state index contributed by atoms with van der Waals surface area (Å²) in [6.45, 7) is 0. The van der Waals surface area contributed by atoms with Crippen molar-refractivity contribution in [1.82, 2.24) is 0 Å². The van der Waals surface area contributed by atoms with E-state index in [0.29, 0.717) is 15.8 Å². The molecule has 1 aromatic carbocycles. The molecule has 18 heavy (non-hydrogen) atoms. The van der Waals surface area contributed by atoms with Crippen LogP contribution in [0.1, 0.15) is 32.1 Å². The molecule has 0 bridgehead atoms. The van der Waals surface area contributed by atoms with Gasteiger partial charge in [0.25, 0.3) is 0 Å². The fraction of sp³-hybridized carbons (Fsp3) is 0.571. The number of hydrogen-bond donors (Lipinski definition) is 1. The number of benzene rings is 1. The molecule has 1 aromatic rings. The molecule has 1 aliphatic carbocycles. The second-order valence-electron chi connectivity index (χ2n) is 4.93. The number of aliphatic hydroxyl groups excluding tert-OH is 1. The summed E-state index contributed by atoms with van der Waals surface area (Å²) in [5, 5.41) is 11.4. The van der Waals surface area contributed by atoms with E-state index >= 15 is 0 Å². The van der Waals surface area contributed by atoms with Gasteiger partial charge in [-0.3, -0.25) is 0 Å². The van der Waals surface area contributed by atoms with E-state index in [1.54, 1.807) is 23.9 Å². The summed E-state index contributed by atoms with van der Waals surface area (Å²) in [4.78, 5) is 0.953. The zero-order valence-corrected chi connectivity index (χ0v) is 12.6. The van der Waals surface area contributed by atoms with Crippen LogP contribution in [0.3, 0.4) is 0 Å². The van der Waals surface area contributed by atoms with Crippen LogP contribution in [0.4, 0.5) is 0 Å². The average molecular weight is 305 g/mol. The fourth-order valence-corrected chi connectivity index (χ4v) is 3.91.